The summed E-state index contributed by atoms with van der Waals surface area (Å²) in [6.45, 7) is 0. The van der Waals surface area contributed by atoms with Crippen LogP contribution in [0.15, 0.2) is 46.9 Å². The largest absolute Gasteiger partial charge is 0.271 e. The van der Waals surface area contributed by atoms with Gasteiger partial charge in [0, 0.05) is 5.02 Å². The van der Waals surface area contributed by atoms with Crippen molar-refractivity contribution in [2.24, 2.45) is 5.84 Å². The zero-order valence-electron chi connectivity index (χ0n) is 10.0. The highest BCUT2D eigenvalue weighted by atomic mass is 79.9. The molecular weight excluding hydrogens is 331 g/mol. The molecule has 2 aromatic rings. The quantitative estimate of drug-likeness (QED) is 0.651. The minimum atomic E-state index is -0.274. The van der Waals surface area contributed by atoms with Gasteiger partial charge in [-0.1, -0.05) is 29.8 Å². The number of nitrogens with one attached hydrogen (secondary N) is 1. The zero-order chi connectivity index (χ0) is 13.8. The molecule has 0 radical (unpaired) electrons. The highest BCUT2D eigenvalue weighted by molar-refractivity contribution is 9.10. The molecule has 3 N–H and O–H groups in total. The fraction of sp³-hybridized carbons (Fsp3) is 0.143. The maximum Gasteiger partial charge on any atom is 0.137 e. The summed E-state index contributed by atoms with van der Waals surface area (Å²) in [7, 11) is 0. The molecule has 19 heavy (non-hydrogen) atoms. The van der Waals surface area contributed by atoms with E-state index in [1.807, 2.05) is 24.3 Å². The lowest BCUT2D eigenvalue weighted by molar-refractivity contribution is 0.550. The molecule has 100 valence electrons. The molecule has 2 rings (SSSR count). The van der Waals surface area contributed by atoms with Crippen LogP contribution < -0.4 is 11.3 Å². The van der Waals surface area contributed by atoms with Crippen molar-refractivity contribution in [3.63, 3.8) is 0 Å². The van der Waals surface area contributed by atoms with Crippen LogP contribution in [0.1, 0.15) is 17.2 Å². The summed E-state index contributed by atoms with van der Waals surface area (Å²) in [4.78, 5) is 0. The summed E-state index contributed by atoms with van der Waals surface area (Å²) in [5.41, 5.74) is 4.74. The first-order chi connectivity index (χ1) is 9.10. The standard InChI is InChI=1S/C14H13BrClFN2/c15-12-6-9(4-5-13(12)17)7-14(19-18)10-2-1-3-11(16)8-10/h1-6,8,14,19H,7,18H2. The SMILES string of the molecule is NNC(Cc1ccc(F)c(Br)c1)c1cccc(Cl)c1. The normalized spacial score (nSPS) is 12.4. The van der Waals surface area contributed by atoms with Gasteiger partial charge in [-0.05, 0) is 57.7 Å². The second-order valence-electron chi connectivity index (χ2n) is 4.23. The molecule has 0 aliphatic carbocycles. The van der Waals surface area contributed by atoms with Crippen LogP contribution >= 0.6 is 27.5 Å². The third-order valence-corrected chi connectivity index (χ3v) is 3.72. The minimum Gasteiger partial charge on any atom is -0.271 e. The van der Waals surface area contributed by atoms with Gasteiger partial charge in [-0.25, -0.2) is 4.39 Å². The average Bonchev–Trinajstić information content (AvgIpc) is 2.40. The predicted molar refractivity (Wildman–Crippen MR) is 79.3 cm³/mol. The molecule has 0 saturated heterocycles. The van der Waals surface area contributed by atoms with Gasteiger partial charge in [-0.3, -0.25) is 11.3 Å². The third kappa shape index (κ3) is 3.76. The Bertz CT molecular complexity index is 577. The predicted octanol–water partition coefficient (Wildman–Crippen LogP) is 3.99. The van der Waals surface area contributed by atoms with E-state index in [1.54, 1.807) is 12.1 Å². The maximum atomic E-state index is 13.2. The van der Waals surface area contributed by atoms with E-state index in [0.29, 0.717) is 15.9 Å². The van der Waals surface area contributed by atoms with Crippen molar-refractivity contribution in [2.45, 2.75) is 12.5 Å². The van der Waals surface area contributed by atoms with E-state index >= 15 is 0 Å². The first-order valence-electron chi connectivity index (χ1n) is 5.75. The van der Waals surface area contributed by atoms with Crippen LogP contribution in [0, 0.1) is 5.82 Å². The summed E-state index contributed by atoms with van der Waals surface area (Å²) >= 11 is 9.15. The van der Waals surface area contributed by atoms with Crippen LogP contribution in [0.3, 0.4) is 0 Å². The molecule has 0 spiro atoms. The van der Waals surface area contributed by atoms with Crippen molar-refractivity contribution < 1.29 is 4.39 Å². The Morgan fingerprint density at radius 2 is 2.05 bits per heavy atom. The fourth-order valence-electron chi connectivity index (χ4n) is 1.90. The van der Waals surface area contributed by atoms with E-state index in [0.717, 1.165) is 11.1 Å². The summed E-state index contributed by atoms with van der Waals surface area (Å²) in [5, 5.41) is 0.665. The van der Waals surface area contributed by atoms with E-state index in [4.69, 9.17) is 17.4 Å². The monoisotopic (exact) mass is 342 g/mol. The maximum absolute atomic E-state index is 13.2. The average molecular weight is 344 g/mol. The number of hydrogen-bond donors (Lipinski definition) is 2. The molecule has 0 saturated carbocycles. The smallest absolute Gasteiger partial charge is 0.137 e. The van der Waals surface area contributed by atoms with Gasteiger partial charge in [0.15, 0.2) is 0 Å². The lowest BCUT2D eigenvalue weighted by Crippen LogP contribution is -2.29. The van der Waals surface area contributed by atoms with Crippen molar-refractivity contribution in [3.8, 4) is 0 Å². The van der Waals surface area contributed by atoms with E-state index in [1.165, 1.54) is 6.07 Å². The lowest BCUT2D eigenvalue weighted by Gasteiger charge is -2.17. The highest BCUT2D eigenvalue weighted by Crippen LogP contribution is 2.23. The molecule has 0 amide bonds. The van der Waals surface area contributed by atoms with Gasteiger partial charge in [-0.15, -0.1) is 0 Å². The Balaban J connectivity index is 2.21. The molecule has 0 fully saturated rings. The highest BCUT2D eigenvalue weighted by Gasteiger charge is 2.12. The number of rotatable bonds is 4. The van der Waals surface area contributed by atoms with Crippen molar-refractivity contribution >= 4 is 27.5 Å². The van der Waals surface area contributed by atoms with Crippen LogP contribution in [0.4, 0.5) is 4.39 Å². The molecule has 0 aliphatic heterocycles. The van der Waals surface area contributed by atoms with Crippen molar-refractivity contribution in [1.82, 2.24) is 5.43 Å². The summed E-state index contributed by atoms with van der Waals surface area (Å²) in [6.07, 6.45) is 0.649. The second-order valence-corrected chi connectivity index (χ2v) is 5.52. The number of benzene rings is 2. The van der Waals surface area contributed by atoms with Crippen LogP contribution in [-0.2, 0) is 6.42 Å². The molecule has 2 nitrogen and oxygen atoms in total. The van der Waals surface area contributed by atoms with E-state index in [9.17, 15) is 4.39 Å². The van der Waals surface area contributed by atoms with Crippen LogP contribution in [0.25, 0.3) is 0 Å². The van der Waals surface area contributed by atoms with Crippen molar-refractivity contribution in [1.29, 1.82) is 0 Å². The molecule has 0 heterocycles. The van der Waals surface area contributed by atoms with Gasteiger partial charge < -0.3 is 0 Å². The number of hydrogen-bond acceptors (Lipinski definition) is 2. The minimum absolute atomic E-state index is 0.0731. The Kier molecular flexibility index (Phi) is 4.93. The Labute approximate surface area is 124 Å². The zero-order valence-corrected chi connectivity index (χ0v) is 12.4. The number of hydrazine groups is 1. The van der Waals surface area contributed by atoms with Gasteiger partial charge in [0.1, 0.15) is 5.82 Å². The fourth-order valence-corrected chi connectivity index (χ4v) is 2.52. The molecule has 1 atom stereocenters. The van der Waals surface area contributed by atoms with E-state index in [2.05, 4.69) is 21.4 Å². The molecule has 0 bridgehead atoms. The molecular formula is C14H13BrClFN2. The Morgan fingerprint density at radius 1 is 1.26 bits per heavy atom. The van der Waals surface area contributed by atoms with Crippen LogP contribution in [0.2, 0.25) is 5.02 Å². The van der Waals surface area contributed by atoms with Crippen LogP contribution in [0.5, 0.6) is 0 Å². The van der Waals surface area contributed by atoms with Gasteiger partial charge in [0.25, 0.3) is 0 Å². The van der Waals surface area contributed by atoms with Crippen molar-refractivity contribution in [2.75, 3.05) is 0 Å². The Morgan fingerprint density at radius 3 is 2.68 bits per heavy atom. The topological polar surface area (TPSA) is 38.0 Å². The molecule has 0 aliphatic rings. The first kappa shape index (κ1) is 14.5. The van der Waals surface area contributed by atoms with E-state index < -0.39 is 0 Å². The third-order valence-electron chi connectivity index (χ3n) is 2.88. The van der Waals surface area contributed by atoms with Gasteiger partial charge in [-0.2, -0.15) is 0 Å². The number of halogens is 3. The van der Waals surface area contributed by atoms with Gasteiger partial charge in [0.05, 0.1) is 10.5 Å². The number of nitrogens with two attached hydrogens (primary N) is 1. The summed E-state index contributed by atoms with van der Waals surface area (Å²) in [5.74, 6) is 5.32. The summed E-state index contributed by atoms with van der Waals surface area (Å²) < 4.78 is 13.6. The van der Waals surface area contributed by atoms with Crippen LogP contribution in [-0.4, -0.2) is 0 Å². The molecule has 0 aromatic heterocycles. The second kappa shape index (κ2) is 6.48. The lowest BCUT2D eigenvalue weighted by atomic mass is 9.99. The molecule has 5 heteroatoms. The van der Waals surface area contributed by atoms with Crippen molar-refractivity contribution in [3.05, 3.63) is 68.9 Å². The molecule has 2 aromatic carbocycles. The van der Waals surface area contributed by atoms with Gasteiger partial charge >= 0.3 is 0 Å². The van der Waals surface area contributed by atoms with E-state index in [-0.39, 0.29) is 11.9 Å². The Hall–Kier alpha value is -0.940. The molecule has 1 unspecified atom stereocenters. The van der Waals surface area contributed by atoms with Gasteiger partial charge in [0.2, 0.25) is 0 Å². The summed E-state index contributed by atoms with van der Waals surface area (Å²) in [6, 6.07) is 12.4. The first-order valence-corrected chi connectivity index (χ1v) is 6.93.